The molecule has 1 aromatic rings. The molecule has 3 N–H and O–H groups in total. The van der Waals surface area contributed by atoms with Crippen molar-refractivity contribution in [3.8, 4) is 0 Å². The second kappa shape index (κ2) is 8.01. The third-order valence-corrected chi connectivity index (χ3v) is 4.36. The number of amides is 2. The molecule has 1 heterocycles. The number of rotatable bonds is 5. The van der Waals surface area contributed by atoms with Crippen LogP contribution in [0.3, 0.4) is 0 Å². The van der Waals surface area contributed by atoms with E-state index in [4.69, 9.17) is 4.74 Å². The number of hydrogen-bond donors (Lipinski definition) is 3. The van der Waals surface area contributed by atoms with E-state index in [2.05, 4.69) is 10.6 Å². The van der Waals surface area contributed by atoms with Crippen molar-refractivity contribution in [2.75, 3.05) is 29.9 Å². The maximum absolute atomic E-state index is 14.5. The van der Waals surface area contributed by atoms with E-state index in [1.165, 1.54) is 6.07 Å². The standard InChI is InChI=1S/C18H28FN3O3/c1-5-18(4,24)11-20-17(23)21-14-6-7-16(15(19)8-14)22-9-12(2)25-13(3)10-22/h6-8,12-13,24H,5,9-11H2,1-4H3,(H2,20,21,23)/t12-,13-,18-/m0/s1. The summed E-state index contributed by atoms with van der Waals surface area (Å²) in [4.78, 5) is 13.8. The SMILES string of the molecule is CC[C@](C)(O)CNC(=O)Nc1ccc(N2C[C@H](C)O[C@@H](C)C2)c(F)c1. The highest BCUT2D eigenvalue weighted by molar-refractivity contribution is 5.89. The fourth-order valence-corrected chi connectivity index (χ4v) is 2.79. The fourth-order valence-electron chi connectivity index (χ4n) is 2.79. The summed E-state index contributed by atoms with van der Waals surface area (Å²) >= 11 is 0. The van der Waals surface area contributed by atoms with Crippen LogP contribution in [0.2, 0.25) is 0 Å². The Morgan fingerprint density at radius 3 is 2.60 bits per heavy atom. The normalized spacial score (nSPS) is 23.0. The Hall–Kier alpha value is -1.86. The van der Waals surface area contributed by atoms with Gasteiger partial charge in [0.05, 0.1) is 23.5 Å². The molecule has 1 aliphatic heterocycles. The molecule has 7 heteroatoms. The number of aliphatic hydroxyl groups is 1. The molecule has 2 amide bonds. The number of nitrogens with one attached hydrogen (secondary N) is 2. The van der Waals surface area contributed by atoms with Crippen LogP contribution < -0.4 is 15.5 Å². The summed E-state index contributed by atoms with van der Waals surface area (Å²) in [5.74, 6) is -0.389. The number of nitrogens with zero attached hydrogens (tertiary/aromatic N) is 1. The van der Waals surface area contributed by atoms with Gasteiger partial charge in [-0.05, 0) is 45.4 Å². The summed E-state index contributed by atoms with van der Waals surface area (Å²) in [6, 6.07) is 4.16. The lowest BCUT2D eigenvalue weighted by Gasteiger charge is -2.37. The van der Waals surface area contributed by atoms with Crippen LogP contribution in [0.4, 0.5) is 20.6 Å². The summed E-state index contributed by atoms with van der Waals surface area (Å²) in [5, 5.41) is 15.1. The Balaban J connectivity index is 1.98. The largest absolute Gasteiger partial charge is 0.388 e. The molecule has 0 bridgehead atoms. The van der Waals surface area contributed by atoms with Gasteiger partial charge in [0.25, 0.3) is 0 Å². The molecule has 0 spiro atoms. The molecule has 0 aliphatic carbocycles. The minimum atomic E-state index is -0.962. The number of carbonyl (C=O) groups is 1. The zero-order valence-electron chi connectivity index (χ0n) is 15.3. The summed E-state index contributed by atoms with van der Waals surface area (Å²) in [6.45, 7) is 8.78. The average molecular weight is 353 g/mol. The highest BCUT2D eigenvalue weighted by Crippen LogP contribution is 2.26. The topological polar surface area (TPSA) is 73.8 Å². The third-order valence-electron chi connectivity index (χ3n) is 4.36. The zero-order valence-corrected chi connectivity index (χ0v) is 15.3. The molecule has 2 rings (SSSR count). The zero-order chi connectivity index (χ0) is 18.6. The van der Waals surface area contributed by atoms with Crippen LogP contribution in [0.1, 0.15) is 34.1 Å². The first kappa shape index (κ1) is 19.5. The quantitative estimate of drug-likeness (QED) is 0.761. The number of anilines is 2. The van der Waals surface area contributed by atoms with E-state index in [0.717, 1.165) is 0 Å². The first-order valence-corrected chi connectivity index (χ1v) is 8.67. The molecule has 1 aromatic carbocycles. The van der Waals surface area contributed by atoms with Crippen LogP contribution in [0, 0.1) is 5.82 Å². The number of halogens is 1. The lowest BCUT2D eigenvalue weighted by molar-refractivity contribution is -0.00539. The monoisotopic (exact) mass is 353 g/mol. The summed E-state index contributed by atoms with van der Waals surface area (Å²) in [5.41, 5.74) is -0.0954. The van der Waals surface area contributed by atoms with E-state index in [-0.39, 0.29) is 24.6 Å². The van der Waals surface area contributed by atoms with Crippen molar-refractivity contribution < 1.29 is 19.0 Å². The number of benzene rings is 1. The van der Waals surface area contributed by atoms with Crippen molar-refractivity contribution >= 4 is 17.4 Å². The summed E-state index contributed by atoms with van der Waals surface area (Å²) in [6.07, 6.45) is 0.601. The van der Waals surface area contributed by atoms with Crippen molar-refractivity contribution in [3.63, 3.8) is 0 Å². The lowest BCUT2D eigenvalue weighted by atomic mass is 10.0. The Morgan fingerprint density at radius 1 is 1.40 bits per heavy atom. The van der Waals surface area contributed by atoms with E-state index in [1.54, 1.807) is 19.1 Å². The van der Waals surface area contributed by atoms with Crippen molar-refractivity contribution in [1.82, 2.24) is 5.32 Å². The second-order valence-corrected chi connectivity index (χ2v) is 6.99. The molecule has 3 atom stereocenters. The molecule has 1 aliphatic rings. The van der Waals surface area contributed by atoms with Crippen LogP contribution in [0.5, 0.6) is 0 Å². The molecule has 1 saturated heterocycles. The fraction of sp³-hybridized carbons (Fsp3) is 0.611. The van der Waals surface area contributed by atoms with E-state index < -0.39 is 11.6 Å². The average Bonchev–Trinajstić information content (AvgIpc) is 2.52. The predicted octanol–water partition coefficient (Wildman–Crippen LogP) is 2.72. The molecule has 0 radical (unpaired) electrons. The molecule has 6 nitrogen and oxygen atoms in total. The highest BCUT2D eigenvalue weighted by atomic mass is 19.1. The molecule has 0 saturated carbocycles. The number of hydrogen-bond acceptors (Lipinski definition) is 4. The lowest BCUT2D eigenvalue weighted by Crippen LogP contribution is -2.45. The Kier molecular flexibility index (Phi) is 6.24. The van der Waals surface area contributed by atoms with Gasteiger partial charge in [0.15, 0.2) is 0 Å². The van der Waals surface area contributed by atoms with Crippen molar-refractivity contribution in [2.45, 2.75) is 51.9 Å². The van der Waals surface area contributed by atoms with Gasteiger partial charge in [-0.15, -0.1) is 0 Å². The van der Waals surface area contributed by atoms with Crippen molar-refractivity contribution in [2.24, 2.45) is 0 Å². The van der Waals surface area contributed by atoms with Gasteiger partial charge in [0.1, 0.15) is 5.82 Å². The molecule has 140 valence electrons. The van der Waals surface area contributed by atoms with Crippen LogP contribution >= 0.6 is 0 Å². The predicted molar refractivity (Wildman–Crippen MR) is 96.6 cm³/mol. The number of morpholine rings is 1. The molecule has 25 heavy (non-hydrogen) atoms. The molecule has 0 unspecified atom stereocenters. The van der Waals surface area contributed by atoms with Gasteiger partial charge in [0.2, 0.25) is 0 Å². The molecule has 0 aromatic heterocycles. The Morgan fingerprint density at radius 2 is 2.04 bits per heavy atom. The van der Waals surface area contributed by atoms with Gasteiger partial charge < -0.3 is 25.4 Å². The number of ether oxygens (including phenoxy) is 1. The first-order chi connectivity index (χ1) is 11.7. The van der Waals surface area contributed by atoms with E-state index in [0.29, 0.717) is 30.9 Å². The van der Waals surface area contributed by atoms with Crippen LogP contribution in [0.15, 0.2) is 18.2 Å². The first-order valence-electron chi connectivity index (χ1n) is 8.67. The van der Waals surface area contributed by atoms with Gasteiger partial charge in [-0.1, -0.05) is 6.92 Å². The van der Waals surface area contributed by atoms with Crippen LogP contribution in [-0.2, 0) is 4.74 Å². The number of urea groups is 1. The van der Waals surface area contributed by atoms with Gasteiger partial charge in [-0.3, -0.25) is 0 Å². The van der Waals surface area contributed by atoms with Gasteiger partial charge in [0, 0.05) is 25.3 Å². The van der Waals surface area contributed by atoms with E-state index >= 15 is 0 Å². The second-order valence-electron chi connectivity index (χ2n) is 6.99. The Bertz CT molecular complexity index is 599. The van der Waals surface area contributed by atoms with E-state index in [9.17, 15) is 14.3 Å². The molecule has 1 fully saturated rings. The van der Waals surface area contributed by atoms with E-state index in [1.807, 2.05) is 25.7 Å². The maximum Gasteiger partial charge on any atom is 0.319 e. The van der Waals surface area contributed by atoms with Crippen molar-refractivity contribution in [1.29, 1.82) is 0 Å². The minimum absolute atomic E-state index is 0.0399. The molecular formula is C18H28FN3O3. The summed E-state index contributed by atoms with van der Waals surface area (Å²) < 4.78 is 20.1. The third kappa shape index (κ3) is 5.57. The maximum atomic E-state index is 14.5. The van der Waals surface area contributed by atoms with Gasteiger partial charge in [-0.2, -0.15) is 0 Å². The number of carbonyl (C=O) groups excluding carboxylic acids is 1. The minimum Gasteiger partial charge on any atom is -0.388 e. The van der Waals surface area contributed by atoms with Gasteiger partial charge >= 0.3 is 6.03 Å². The summed E-state index contributed by atoms with van der Waals surface area (Å²) in [7, 11) is 0. The van der Waals surface area contributed by atoms with Crippen molar-refractivity contribution in [3.05, 3.63) is 24.0 Å². The van der Waals surface area contributed by atoms with Crippen LogP contribution in [0.25, 0.3) is 0 Å². The Labute approximate surface area is 148 Å². The molecular weight excluding hydrogens is 325 g/mol. The smallest absolute Gasteiger partial charge is 0.319 e. The highest BCUT2D eigenvalue weighted by Gasteiger charge is 2.24. The van der Waals surface area contributed by atoms with Gasteiger partial charge in [-0.25, -0.2) is 9.18 Å². The van der Waals surface area contributed by atoms with Crippen LogP contribution in [-0.4, -0.2) is 48.6 Å².